The van der Waals surface area contributed by atoms with E-state index in [0.717, 1.165) is 11.3 Å². The summed E-state index contributed by atoms with van der Waals surface area (Å²) in [6, 6.07) is 7.38. The molecule has 0 bridgehead atoms. The van der Waals surface area contributed by atoms with Crippen LogP contribution in [0.4, 0.5) is 0 Å². The number of amides is 1. The molecule has 7 heteroatoms. The third kappa shape index (κ3) is 4.56. The Morgan fingerprint density at radius 2 is 2.04 bits per heavy atom. The molecule has 1 fully saturated rings. The van der Waals surface area contributed by atoms with Crippen molar-refractivity contribution < 1.29 is 19.1 Å². The fraction of sp³-hybridized carbons (Fsp3) is 0.312. The number of hydrogen-bond donors (Lipinski definition) is 0. The van der Waals surface area contributed by atoms with E-state index < -0.39 is 0 Å². The van der Waals surface area contributed by atoms with Gasteiger partial charge >= 0.3 is 5.97 Å². The molecule has 1 aromatic rings. The van der Waals surface area contributed by atoms with E-state index in [-0.39, 0.29) is 24.8 Å². The van der Waals surface area contributed by atoms with E-state index in [4.69, 9.17) is 21.7 Å². The largest absolute Gasteiger partial charge is 0.497 e. The summed E-state index contributed by atoms with van der Waals surface area (Å²) in [6.07, 6.45) is 1.92. The molecule has 5 nitrogen and oxygen atoms in total. The van der Waals surface area contributed by atoms with Gasteiger partial charge < -0.3 is 9.47 Å². The maximum absolute atomic E-state index is 12.4. The third-order valence-electron chi connectivity index (χ3n) is 3.13. The van der Waals surface area contributed by atoms with Crippen molar-refractivity contribution in [1.82, 2.24) is 4.90 Å². The quantitative estimate of drug-likeness (QED) is 0.446. The lowest BCUT2D eigenvalue weighted by Gasteiger charge is -2.13. The molecular weight excluding hydrogens is 334 g/mol. The smallest absolute Gasteiger partial charge is 0.307 e. The lowest BCUT2D eigenvalue weighted by molar-refractivity contribution is -0.143. The zero-order valence-electron chi connectivity index (χ0n) is 12.9. The normalized spacial score (nSPS) is 16.1. The number of thioether (sulfide) groups is 1. The molecule has 0 aliphatic carbocycles. The predicted octanol–water partition coefficient (Wildman–Crippen LogP) is 2.85. The number of carbonyl (C=O) groups is 2. The van der Waals surface area contributed by atoms with Gasteiger partial charge in [0.15, 0.2) is 0 Å². The summed E-state index contributed by atoms with van der Waals surface area (Å²) in [5.74, 6) is 0.241. The van der Waals surface area contributed by atoms with Crippen LogP contribution in [-0.4, -0.2) is 41.4 Å². The molecule has 0 radical (unpaired) electrons. The maximum atomic E-state index is 12.4. The minimum Gasteiger partial charge on any atom is -0.497 e. The molecule has 122 valence electrons. The average Bonchev–Trinajstić information content (AvgIpc) is 2.80. The standard InChI is InChI=1S/C16H17NO4S2/c1-3-21-14(18)8-9-17-15(19)13(23-16(17)22)10-11-4-6-12(20-2)7-5-11/h4-7,10H,3,8-9H2,1-2H3/b13-10-. The highest BCUT2D eigenvalue weighted by molar-refractivity contribution is 8.26. The van der Waals surface area contributed by atoms with Gasteiger partial charge in [0.25, 0.3) is 5.91 Å². The van der Waals surface area contributed by atoms with E-state index in [0.29, 0.717) is 15.8 Å². The Morgan fingerprint density at radius 3 is 2.65 bits per heavy atom. The van der Waals surface area contributed by atoms with E-state index >= 15 is 0 Å². The first-order valence-electron chi connectivity index (χ1n) is 7.10. The zero-order valence-corrected chi connectivity index (χ0v) is 14.5. The minimum absolute atomic E-state index is 0.135. The van der Waals surface area contributed by atoms with Crippen LogP contribution in [0, 0.1) is 0 Å². The Labute approximate surface area is 144 Å². The second kappa shape index (κ2) is 8.12. The average molecular weight is 351 g/mol. The van der Waals surface area contributed by atoms with Crippen LogP contribution in [-0.2, 0) is 14.3 Å². The molecule has 1 aromatic carbocycles. The van der Waals surface area contributed by atoms with Crippen LogP contribution in [0.25, 0.3) is 6.08 Å². The van der Waals surface area contributed by atoms with E-state index in [1.54, 1.807) is 20.1 Å². The molecule has 0 N–H and O–H groups in total. The van der Waals surface area contributed by atoms with E-state index in [1.165, 1.54) is 16.7 Å². The molecule has 1 aliphatic heterocycles. The second-order valence-corrected chi connectivity index (χ2v) is 6.34. The van der Waals surface area contributed by atoms with Crippen molar-refractivity contribution in [2.24, 2.45) is 0 Å². The Kier molecular flexibility index (Phi) is 6.18. The van der Waals surface area contributed by atoms with Gasteiger partial charge in [-0.3, -0.25) is 14.5 Å². The summed E-state index contributed by atoms with van der Waals surface area (Å²) < 4.78 is 10.4. The number of carbonyl (C=O) groups excluding carboxylic acids is 2. The fourth-order valence-electron chi connectivity index (χ4n) is 1.98. The highest BCUT2D eigenvalue weighted by Gasteiger charge is 2.32. The molecule has 0 spiro atoms. The third-order valence-corrected chi connectivity index (χ3v) is 4.51. The lowest BCUT2D eigenvalue weighted by Crippen LogP contribution is -2.30. The van der Waals surface area contributed by atoms with Crippen molar-refractivity contribution in [2.45, 2.75) is 13.3 Å². The van der Waals surface area contributed by atoms with Gasteiger partial charge in [0, 0.05) is 6.54 Å². The SMILES string of the molecule is CCOC(=O)CCN1C(=O)/C(=C/c2ccc(OC)cc2)SC1=S. The summed E-state index contributed by atoms with van der Waals surface area (Å²) in [5, 5.41) is 0. The zero-order chi connectivity index (χ0) is 16.8. The number of methoxy groups -OCH3 is 1. The molecule has 0 aromatic heterocycles. The summed E-state index contributed by atoms with van der Waals surface area (Å²) in [4.78, 5) is 25.8. The number of thiocarbonyl (C=S) groups is 1. The summed E-state index contributed by atoms with van der Waals surface area (Å²) in [7, 11) is 1.60. The molecule has 0 atom stereocenters. The number of rotatable bonds is 6. The van der Waals surface area contributed by atoms with Crippen LogP contribution in [0.1, 0.15) is 18.9 Å². The number of nitrogens with zero attached hydrogens (tertiary/aromatic N) is 1. The van der Waals surface area contributed by atoms with E-state index in [2.05, 4.69) is 0 Å². The van der Waals surface area contributed by atoms with Crippen molar-refractivity contribution in [3.05, 3.63) is 34.7 Å². The van der Waals surface area contributed by atoms with Crippen molar-refractivity contribution in [3.8, 4) is 5.75 Å². The van der Waals surface area contributed by atoms with Crippen LogP contribution in [0.2, 0.25) is 0 Å². The van der Waals surface area contributed by atoms with Gasteiger partial charge in [-0.2, -0.15) is 0 Å². The van der Waals surface area contributed by atoms with Gasteiger partial charge in [0.2, 0.25) is 0 Å². The van der Waals surface area contributed by atoms with Crippen LogP contribution >= 0.6 is 24.0 Å². The Bertz CT molecular complexity index is 640. The topological polar surface area (TPSA) is 55.8 Å². The van der Waals surface area contributed by atoms with Crippen LogP contribution < -0.4 is 4.74 Å². The van der Waals surface area contributed by atoms with E-state index in [9.17, 15) is 9.59 Å². The maximum Gasteiger partial charge on any atom is 0.307 e. The van der Waals surface area contributed by atoms with E-state index in [1.807, 2.05) is 24.3 Å². The number of benzene rings is 1. The molecule has 1 saturated heterocycles. The number of hydrogen-bond acceptors (Lipinski definition) is 6. The highest BCUT2D eigenvalue weighted by Crippen LogP contribution is 2.32. The Balaban J connectivity index is 2.04. The first-order valence-corrected chi connectivity index (χ1v) is 8.32. The van der Waals surface area contributed by atoms with Crippen molar-refractivity contribution in [2.75, 3.05) is 20.3 Å². The van der Waals surface area contributed by atoms with Gasteiger partial charge in [-0.1, -0.05) is 36.1 Å². The minimum atomic E-state index is -0.333. The van der Waals surface area contributed by atoms with Gasteiger partial charge in [-0.25, -0.2) is 0 Å². The number of ether oxygens (including phenoxy) is 2. The molecule has 0 saturated carbocycles. The molecule has 0 unspecified atom stereocenters. The molecule has 1 heterocycles. The summed E-state index contributed by atoms with van der Waals surface area (Å²) in [6.45, 7) is 2.31. The number of esters is 1. The fourth-order valence-corrected chi connectivity index (χ4v) is 3.29. The molecule has 2 rings (SSSR count). The van der Waals surface area contributed by atoms with Gasteiger partial charge in [-0.05, 0) is 30.7 Å². The summed E-state index contributed by atoms with van der Waals surface area (Å²) >= 11 is 6.46. The first kappa shape index (κ1) is 17.5. The van der Waals surface area contributed by atoms with Crippen LogP contribution in [0.15, 0.2) is 29.2 Å². The Hall–Kier alpha value is -1.86. The molecular formula is C16H17NO4S2. The first-order chi connectivity index (χ1) is 11.0. The van der Waals surface area contributed by atoms with Gasteiger partial charge in [0.1, 0.15) is 10.1 Å². The summed E-state index contributed by atoms with van der Waals surface area (Å²) in [5.41, 5.74) is 0.886. The van der Waals surface area contributed by atoms with Crippen molar-refractivity contribution in [3.63, 3.8) is 0 Å². The Morgan fingerprint density at radius 1 is 1.35 bits per heavy atom. The monoisotopic (exact) mass is 351 g/mol. The van der Waals surface area contributed by atoms with Crippen molar-refractivity contribution in [1.29, 1.82) is 0 Å². The molecule has 23 heavy (non-hydrogen) atoms. The van der Waals surface area contributed by atoms with Crippen LogP contribution in [0.3, 0.4) is 0 Å². The molecule has 1 aliphatic rings. The predicted molar refractivity (Wildman–Crippen MR) is 94.1 cm³/mol. The lowest BCUT2D eigenvalue weighted by atomic mass is 10.2. The second-order valence-electron chi connectivity index (χ2n) is 4.66. The van der Waals surface area contributed by atoms with Gasteiger partial charge in [-0.15, -0.1) is 0 Å². The van der Waals surface area contributed by atoms with Crippen LogP contribution in [0.5, 0.6) is 5.75 Å². The van der Waals surface area contributed by atoms with Gasteiger partial charge in [0.05, 0.1) is 25.0 Å². The highest BCUT2D eigenvalue weighted by atomic mass is 32.2. The van der Waals surface area contributed by atoms with Crippen molar-refractivity contribution >= 4 is 46.3 Å². The molecule has 1 amide bonds.